The molecule has 1 saturated heterocycles. The predicted octanol–water partition coefficient (Wildman–Crippen LogP) is 2.43. The van der Waals surface area contributed by atoms with E-state index in [0.29, 0.717) is 6.04 Å². The summed E-state index contributed by atoms with van der Waals surface area (Å²) in [6.45, 7) is 6.67. The molecule has 0 spiro atoms. The van der Waals surface area contributed by atoms with E-state index in [-0.39, 0.29) is 6.04 Å². The molecule has 0 saturated carbocycles. The molecule has 1 aromatic rings. The van der Waals surface area contributed by atoms with Gasteiger partial charge in [-0.15, -0.1) is 0 Å². The Morgan fingerprint density at radius 2 is 2.11 bits per heavy atom. The van der Waals surface area contributed by atoms with Crippen molar-refractivity contribution < 1.29 is 4.74 Å². The van der Waals surface area contributed by atoms with Crippen LogP contribution in [0, 0.1) is 5.92 Å². The van der Waals surface area contributed by atoms with Gasteiger partial charge in [0.25, 0.3) is 0 Å². The molecular weight excluding hydrogens is 224 g/mol. The zero-order valence-electron chi connectivity index (χ0n) is 11.6. The molecule has 3 unspecified atom stereocenters. The lowest BCUT2D eigenvalue weighted by Gasteiger charge is -2.25. The molecular formula is C15H24N2O. The highest BCUT2D eigenvalue weighted by Gasteiger charge is 2.27. The predicted molar refractivity (Wildman–Crippen MR) is 74.7 cm³/mol. The Kier molecular flexibility index (Phi) is 4.25. The topological polar surface area (TPSA) is 38.5 Å². The summed E-state index contributed by atoms with van der Waals surface area (Å²) in [6.07, 6.45) is 1.28. The van der Waals surface area contributed by atoms with Crippen LogP contribution in [-0.2, 0) is 0 Å². The van der Waals surface area contributed by atoms with Gasteiger partial charge in [-0.3, -0.25) is 4.90 Å². The van der Waals surface area contributed by atoms with Crippen molar-refractivity contribution in [1.29, 1.82) is 0 Å². The fraction of sp³-hybridized carbons (Fsp3) is 0.600. The number of benzene rings is 1. The zero-order chi connectivity index (χ0) is 13.1. The molecule has 2 N–H and O–H groups in total. The van der Waals surface area contributed by atoms with Crippen molar-refractivity contribution in [3.05, 3.63) is 29.8 Å². The summed E-state index contributed by atoms with van der Waals surface area (Å²) in [5.41, 5.74) is 7.44. The van der Waals surface area contributed by atoms with Crippen LogP contribution >= 0.6 is 0 Å². The first kappa shape index (κ1) is 13.4. The van der Waals surface area contributed by atoms with Gasteiger partial charge in [-0.2, -0.15) is 0 Å². The van der Waals surface area contributed by atoms with E-state index < -0.39 is 0 Å². The molecule has 0 bridgehead atoms. The second-order valence-corrected chi connectivity index (χ2v) is 5.49. The van der Waals surface area contributed by atoms with Crippen molar-refractivity contribution in [2.24, 2.45) is 11.7 Å². The summed E-state index contributed by atoms with van der Waals surface area (Å²) in [5, 5.41) is 0. The van der Waals surface area contributed by atoms with E-state index in [2.05, 4.69) is 24.8 Å². The van der Waals surface area contributed by atoms with Gasteiger partial charge in [0.05, 0.1) is 7.11 Å². The summed E-state index contributed by atoms with van der Waals surface area (Å²) in [4.78, 5) is 2.49. The number of nitrogens with two attached hydrogens (primary N) is 1. The normalized spacial score (nSPS) is 26.2. The standard InChI is InChI=1S/C15H24N2O/c1-11-8-12(2)17(9-11)10-14(16)13-6-4-5-7-15(13)18-3/h4-7,11-12,14H,8-10,16H2,1-3H3. The van der Waals surface area contributed by atoms with Gasteiger partial charge < -0.3 is 10.5 Å². The van der Waals surface area contributed by atoms with Crippen molar-refractivity contribution in [2.45, 2.75) is 32.4 Å². The van der Waals surface area contributed by atoms with E-state index in [9.17, 15) is 0 Å². The third kappa shape index (κ3) is 2.85. The molecule has 0 radical (unpaired) electrons. The summed E-state index contributed by atoms with van der Waals surface area (Å²) in [6, 6.07) is 8.71. The Labute approximate surface area is 110 Å². The first-order chi connectivity index (χ1) is 8.61. The molecule has 3 atom stereocenters. The van der Waals surface area contributed by atoms with Crippen LogP contribution in [0.2, 0.25) is 0 Å². The summed E-state index contributed by atoms with van der Waals surface area (Å²) >= 11 is 0. The number of rotatable bonds is 4. The van der Waals surface area contributed by atoms with Gasteiger partial charge in [-0.1, -0.05) is 25.1 Å². The highest BCUT2D eigenvalue weighted by atomic mass is 16.5. The van der Waals surface area contributed by atoms with Crippen molar-refractivity contribution in [1.82, 2.24) is 4.90 Å². The number of likely N-dealkylation sites (tertiary alicyclic amines) is 1. The maximum absolute atomic E-state index is 6.34. The van der Waals surface area contributed by atoms with Crippen LogP contribution in [0.4, 0.5) is 0 Å². The minimum atomic E-state index is 0.0221. The fourth-order valence-corrected chi connectivity index (χ4v) is 2.96. The second-order valence-electron chi connectivity index (χ2n) is 5.49. The molecule has 1 fully saturated rings. The first-order valence-electron chi connectivity index (χ1n) is 6.74. The second kappa shape index (κ2) is 5.72. The summed E-state index contributed by atoms with van der Waals surface area (Å²) in [7, 11) is 1.70. The average Bonchev–Trinajstić information content (AvgIpc) is 2.67. The molecule has 3 heteroatoms. The zero-order valence-corrected chi connectivity index (χ0v) is 11.6. The number of ether oxygens (including phenoxy) is 1. The fourth-order valence-electron chi connectivity index (χ4n) is 2.96. The van der Waals surface area contributed by atoms with E-state index >= 15 is 0 Å². The molecule has 0 aliphatic carbocycles. The smallest absolute Gasteiger partial charge is 0.123 e. The van der Waals surface area contributed by atoms with Crippen LogP contribution in [0.25, 0.3) is 0 Å². The third-order valence-electron chi connectivity index (χ3n) is 3.88. The number of hydrogen-bond donors (Lipinski definition) is 1. The molecule has 1 heterocycles. The van der Waals surface area contributed by atoms with Crippen LogP contribution in [-0.4, -0.2) is 31.1 Å². The van der Waals surface area contributed by atoms with Gasteiger partial charge in [0.2, 0.25) is 0 Å². The molecule has 100 valence electrons. The van der Waals surface area contributed by atoms with Crippen molar-refractivity contribution >= 4 is 0 Å². The van der Waals surface area contributed by atoms with Crippen molar-refractivity contribution in [3.63, 3.8) is 0 Å². The van der Waals surface area contributed by atoms with Crippen LogP contribution in [0.15, 0.2) is 24.3 Å². The molecule has 3 nitrogen and oxygen atoms in total. The molecule has 0 amide bonds. The third-order valence-corrected chi connectivity index (χ3v) is 3.88. The van der Waals surface area contributed by atoms with Gasteiger partial charge in [0, 0.05) is 30.7 Å². The Bertz CT molecular complexity index is 394. The van der Waals surface area contributed by atoms with E-state index in [1.165, 1.54) is 6.42 Å². The van der Waals surface area contributed by atoms with E-state index in [1.807, 2.05) is 18.2 Å². The van der Waals surface area contributed by atoms with Gasteiger partial charge in [-0.05, 0) is 25.3 Å². The van der Waals surface area contributed by atoms with Crippen LogP contribution in [0.5, 0.6) is 5.75 Å². The lowest BCUT2D eigenvalue weighted by molar-refractivity contribution is 0.247. The van der Waals surface area contributed by atoms with Crippen molar-refractivity contribution in [3.8, 4) is 5.75 Å². The minimum absolute atomic E-state index is 0.0221. The quantitative estimate of drug-likeness (QED) is 0.889. The monoisotopic (exact) mass is 248 g/mol. The minimum Gasteiger partial charge on any atom is -0.496 e. The molecule has 1 aromatic carbocycles. The average molecular weight is 248 g/mol. The Hall–Kier alpha value is -1.06. The van der Waals surface area contributed by atoms with Gasteiger partial charge in [0.1, 0.15) is 5.75 Å². The molecule has 1 aliphatic heterocycles. The molecule has 0 aromatic heterocycles. The van der Waals surface area contributed by atoms with Crippen molar-refractivity contribution in [2.75, 3.05) is 20.2 Å². The summed E-state index contributed by atoms with van der Waals surface area (Å²) in [5.74, 6) is 1.68. The number of hydrogen-bond acceptors (Lipinski definition) is 3. The van der Waals surface area contributed by atoms with Crippen LogP contribution in [0.3, 0.4) is 0 Å². The van der Waals surface area contributed by atoms with Gasteiger partial charge >= 0.3 is 0 Å². The van der Waals surface area contributed by atoms with E-state index in [1.54, 1.807) is 7.11 Å². The SMILES string of the molecule is COc1ccccc1C(N)CN1CC(C)CC1C. The largest absolute Gasteiger partial charge is 0.496 e. The lowest BCUT2D eigenvalue weighted by atomic mass is 10.1. The van der Waals surface area contributed by atoms with Crippen LogP contribution < -0.4 is 10.5 Å². The molecule has 2 rings (SSSR count). The number of nitrogens with zero attached hydrogens (tertiary/aromatic N) is 1. The van der Waals surface area contributed by atoms with Gasteiger partial charge in [-0.25, -0.2) is 0 Å². The maximum Gasteiger partial charge on any atom is 0.123 e. The molecule has 1 aliphatic rings. The van der Waals surface area contributed by atoms with E-state index in [4.69, 9.17) is 10.5 Å². The van der Waals surface area contributed by atoms with Gasteiger partial charge in [0.15, 0.2) is 0 Å². The lowest BCUT2D eigenvalue weighted by Crippen LogP contribution is -2.34. The van der Waals surface area contributed by atoms with E-state index in [0.717, 1.165) is 30.3 Å². The Morgan fingerprint density at radius 3 is 2.72 bits per heavy atom. The van der Waals surface area contributed by atoms with Crippen LogP contribution in [0.1, 0.15) is 31.9 Å². The summed E-state index contributed by atoms with van der Waals surface area (Å²) < 4.78 is 5.38. The number of para-hydroxylation sites is 1. The maximum atomic E-state index is 6.34. The number of methoxy groups -OCH3 is 1. The Morgan fingerprint density at radius 1 is 1.39 bits per heavy atom. The molecule has 18 heavy (non-hydrogen) atoms. The highest BCUT2D eigenvalue weighted by Crippen LogP contribution is 2.28. The Balaban J connectivity index is 2.05. The first-order valence-corrected chi connectivity index (χ1v) is 6.74. The highest BCUT2D eigenvalue weighted by molar-refractivity contribution is 5.35.